The molecule has 2 aliphatic rings. The summed E-state index contributed by atoms with van der Waals surface area (Å²) in [5.41, 5.74) is 1.32. The van der Waals surface area contributed by atoms with Gasteiger partial charge in [-0.25, -0.2) is 14.4 Å². The van der Waals surface area contributed by atoms with Gasteiger partial charge in [-0.3, -0.25) is 4.90 Å². The number of ether oxygens (including phenoxy) is 3. The van der Waals surface area contributed by atoms with E-state index in [0.29, 0.717) is 47.3 Å². The van der Waals surface area contributed by atoms with Crippen molar-refractivity contribution in [2.75, 3.05) is 38.7 Å². The van der Waals surface area contributed by atoms with Gasteiger partial charge in [-0.2, -0.15) is 0 Å². The number of benzene rings is 2. The minimum atomic E-state index is -0.473. The van der Waals surface area contributed by atoms with Gasteiger partial charge >= 0.3 is 0 Å². The van der Waals surface area contributed by atoms with Crippen LogP contribution in [-0.4, -0.2) is 60.4 Å². The molecule has 0 amide bonds. The number of aromatic nitrogens is 2. The van der Waals surface area contributed by atoms with E-state index in [4.69, 9.17) is 25.8 Å². The first kappa shape index (κ1) is 21.2. The van der Waals surface area contributed by atoms with Crippen LogP contribution in [-0.2, 0) is 4.74 Å². The van der Waals surface area contributed by atoms with Gasteiger partial charge in [0, 0.05) is 42.9 Å². The molecule has 2 saturated heterocycles. The highest BCUT2D eigenvalue weighted by Gasteiger charge is 2.38. The average molecular weight is 459 g/mol. The fourth-order valence-corrected chi connectivity index (χ4v) is 4.67. The van der Waals surface area contributed by atoms with E-state index in [-0.39, 0.29) is 5.02 Å². The molecule has 9 heteroatoms. The first-order valence-corrected chi connectivity index (χ1v) is 11.0. The molecule has 1 N–H and O–H groups in total. The molecule has 5 rings (SSSR count). The van der Waals surface area contributed by atoms with Crippen LogP contribution in [0.4, 0.5) is 15.9 Å². The van der Waals surface area contributed by atoms with E-state index >= 15 is 0 Å². The maximum absolute atomic E-state index is 13.5. The van der Waals surface area contributed by atoms with Crippen LogP contribution in [0.15, 0.2) is 36.7 Å². The first-order chi connectivity index (χ1) is 15.6. The normalized spacial score (nSPS) is 20.5. The van der Waals surface area contributed by atoms with E-state index in [2.05, 4.69) is 20.2 Å². The molecule has 2 atom stereocenters. The van der Waals surface area contributed by atoms with Crippen LogP contribution in [0.3, 0.4) is 0 Å². The summed E-state index contributed by atoms with van der Waals surface area (Å²) in [5, 5.41) is 3.98. The molecule has 2 aliphatic heterocycles. The number of halogens is 2. The maximum Gasteiger partial charge on any atom is 0.162 e. The van der Waals surface area contributed by atoms with Crippen LogP contribution < -0.4 is 14.8 Å². The largest absolute Gasteiger partial charge is 0.493 e. The fraction of sp³-hybridized carbons (Fsp3) is 0.391. The summed E-state index contributed by atoms with van der Waals surface area (Å²) in [7, 11) is 1.61. The molecule has 0 bridgehead atoms. The van der Waals surface area contributed by atoms with Gasteiger partial charge in [-0.1, -0.05) is 11.6 Å². The Labute approximate surface area is 190 Å². The van der Waals surface area contributed by atoms with Crippen LogP contribution in [0.1, 0.15) is 12.8 Å². The van der Waals surface area contributed by atoms with Gasteiger partial charge in [0.1, 0.15) is 24.6 Å². The predicted molar refractivity (Wildman–Crippen MR) is 121 cm³/mol. The van der Waals surface area contributed by atoms with E-state index in [1.165, 1.54) is 18.5 Å². The number of hydrogen-bond acceptors (Lipinski definition) is 7. The zero-order chi connectivity index (χ0) is 22.1. The molecule has 2 aromatic carbocycles. The van der Waals surface area contributed by atoms with Crippen molar-refractivity contribution in [2.24, 2.45) is 0 Å². The summed E-state index contributed by atoms with van der Waals surface area (Å²) in [6.45, 7) is 3.25. The lowest BCUT2D eigenvalue weighted by Gasteiger charge is -2.22. The lowest BCUT2D eigenvalue weighted by molar-refractivity contribution is 0.104. The van der Waals surface area contributed by atoms with Gasteiger partial charge in [0.2, 0.25) is 0 Å². The Morgan fingerprint density at radius 1 is 1.22 bits per heavy atom. The van der Waals surface area contributed by atoms with Gasteiger partial charge in [0.25, 0.3) is 0 Å². The third kappa shape index (κ3) is 4.18. The predicted octanol–water partition coefficient (Wildman–Crippen LogP) is 4.42. The van der Waals surface area contributed by atoms with Crippen LogP contribution in [0.5, 0.6) is 11.5 Å². The van der Waals surface area contributed by atoms with Gasteiger partial charge in [-0.05, 0) is 37.1 Å². The van der Waals surface area contributed by atoms with E-state index < -0.39 is 5.82 Å². The Balaban J connectivity index is 1.36. The smallest absolute Gasteiger partial charge is 0.162 e. The second-order valence-corrected chi connectivity index (χ2v) is 8.34. The van der Waals surface area contributed by atoms with E-state index in [0.717, 1.165) is 37.9 Å². The SMILES string of the molecule is COc1cc2ncnc(Nc3ccc(F)c(Cl)c3)c2cc1OCCN1CCC2OCCC21. The number of nitrogens with zero attached hydrogens (tertiary/aromatic N) is 3. The molecule has 0 spiro atoms. The van der Waals surface area contributed by atoms with Crippen molar-refractivity contribution in [1.82, 2.24) is 14.9 Å². The number of fused-ring (bicyclic) bond motifs is 2. The Bertz CT molecular complexity index is 1130. The summed E-state index contributed by atoms with van der Waals surface area (Å²) in [5.74, 6) is 1.32. The molecule has 3 heterocycles. The second-order valence-electron chi connectivity index (χ2n) is 7.93. The molecule has 168 valence electrons. The van der Waals surface area contributed by atoms with E-state index in [9.17, 15) is 4.39 Å². The molecule has 32 heavy (non-hydrogen) atoms. The van der Waals surface area contributed by atoms with Crippen LogP contribution >= 0.6 is 11.6 Å². The van der Waals surface area contributed by atoms with Crippen LogP contribution in [0.2, 0.25) is 5.02 Å². The highest BCUT2D eigenvalue weighted by molar-refractivity contribution is 6.31. The van der Waals surface area contributed by atoms with Crippen molar-refractivity contribution < 1.29 is 18.6 Å². The quantitative estimate of drug-likeness (QED) is 0.562. The highest BCUT2D eigenvalue weighted by Crippen LogP contribution is 2.35. The number of methoxy groups -OCH3 is 1. The molecule has 7 nitrogen and oxygen atoms in total. The Hall–Kier alpha value is -2.68. The molecule has 0 radical (unpaired) electrons. The topological polar surface area (TPSA) is 68.7 Å². The molecule has 1 aromatic heterocycles. The van der Waals surface area contributed by atoms with Gasteiger partial charge in [-0.15, -0.1) is 0 Å². The van der Waals surface area contributed by atoms with Crippen molar-refractivity contribution in [1.29, 1.82) is 0 Å². The van der Waals surface area contributed by atoms with Crippen molar-refractivity contribution in [2.45, 2.75) is 25.0 Å². The van der Waals surface area contributed by atoms with E-state index in [1.54, 1.807) is 13.2 Å². The van der Waals surface area contributed by atoms with Gasteiger partial charge in [0.15, 0.2) is 11.5 Å². The summed E-state index contributed by atoms with van der Waals surface area (Å²) in [4.78, 5) is 11.1. The number of anilines is 2. The zero-order valence-corrected chi connectivity index (χ0v) is 18.4. The summed E-state index contributed by atoms with van der Waals surface area (Å²) < 4.78 is 30.9. The minimum absolute atomic E-state index is 0.0378. The molecule has 3 aromatic rings. The lowest BCUT2D eigenvalue weighted by Crippen LogP contribution is -2.35. The standard InChI is InChI=1S/C23H24ClFN4O3/c1-30-21-12-18-15(23(27-13-26-18)28-14-2-3-17(25)16(24)10-14)11-22(21)32-9-7-29-6-4-20-19(29)5-8-31-20/h2-3,10-13,19-20H,4-9H2,1H3,(H,26,27,28). The lowest BCUT2D eigenvalue weighted by atomic mass is 10.1. The maximum atomic E-state index is 13.5. The van der Waals surface area contributed by atoms with E-state index in [1.807, 2.05) is 12.1 Å². The summed E-state index contributed by atoms with van der Waals surface area (Å²) in [6, 6.07) is 8.63. The average Bonchev–Trinajstić information content (AvgIpc) is 3.41. The van der Waals surface area contributed by atoms with Crippen molar-refractivity contribution >= 4 is 34.0 Å². The Kier molecular flexibility index (Phi) is 5.99. The second kappa shape index (κ2) is 9.05. The Morgan fingerprint density at radius 3 is 2.97 bits per heavy atom. The molecule has 0 aliphatic carbocycles. The highest BCUT2D eigenvalue weighted by atomic mass is 35.5. The van der Waals surface area contributed by atoms with Crippen molar-refractivity contribution in [3.8, 4) is 11.5 Å². The summed E-state index contributed by atoms with van der Waals surface area (Å²) in [6.07, 6.45) is 4.01. The third-order valence-electron chi connectivity index (χ3n) is 6.08. The van der Waals surface area contributed by atoms with Crippen LogP contribution in [0.25, 0.3) is 10.9 Å². The molecule has 0 saturated carbocycles. The minimum Gasteiger partial charge on any atom is -0.493 e. The van der Waals surface area contributed by atoms with Crippen molar-refractivity contribution in [3.63, 3.8) is 0 Å². The third-order valence-corrected chi connectivity index (χ3v) is 6.37. The number of hydrogen-bond donors (Lipinski definition) is 1. The number of rotatable bonds is 7. The van der Waals surface area contributed by atoms with Crippen LogP contribution in [0, 0.1) is 5.82 Å². The van der Waals surface area contributed by atoms with Gasteiger partial charge < -0.3 is 19.5 Å². The fourth-order valence-electron chi connectivity index (χ4n) is 4.49. The molecular formula is C23H24ClFN4O3. The number of nitrogens with one attached hydrogen (secondary N) is 1. The molecule has 2 unspecified atom stereocenters. The van der Waals surface area contributed by atoms with Gasteiger partial charge in [0.05, 0.1) is 23.8 Å². The van der Waals surface area contributed by atoms with Crippen molar-refractivity contribution in [3.05, 3.63) is 47.5 Å². The summed E-state index contributed by atoms with van der Waals surface area (Å²) >= 11 is 5.91. The zero-order valence-electron chi connectivity index (χ0n) is 17.7. The Morgan fingerprint density at radius 2 is 2.12 bits per heavy atom. The first-order valence-electron chi connectivity index (χ1n) is 10.7. The number of likely N-dealkylation sites (tertiary alicyclic amines) is 1. The molecule has 2 fully saturated rings. The molecular weight excluding hydrogens is 435 g/mol. The monoisotopic (exact) mass is 458 g/mol.